The molecule has 0 bridgehead atoms. The first-order valence-electron chi connectivity index (χ1n) is 5.76. The van der Waals surface area contributed by atoms with E-state index in [1.165, 1.54) is 0 Å². The Bertz CT molecular complexity index is 494. The van der Waals surface area contributed by atoms with Gasteiger partial charge in [0.1, 0.15) is 5.75 Å². The monoisotopic (exact) mass is 227 g/mol. The standard InChI is InChI=1S/C15H17NO/c1-11-7-8-15(17)13(9-11)10-14(16)12-5-3-2-4-6-12/h2-9,14,17H,10,16H2,1H3. The number of phenolic OH excluding ortho intramolecular Hbond substituents is 1. The van der Waals surface area contributed by atoms with Crippen LogP contribution in [0.5, 0.6) is 5.75 Å². The number of hydrogen-bond donors (Lipinski definition) is 2. The minimum atomic E-state index is -0.0797. The van der Waals surface area contributed by atoms with Crippen LogP contribution >= 0.6 is 0 Å². The minimum absolute atomic E-state index is 0.0797. The summed E-state index contributed by atoms with van der Waals surface area (Å²) in [7, 11) is 0. The summed E-state index contributed by atoms with van der Waals surface area (Å²) >= 11 is 0. The summed E-state index contributed by atoms with van der Waals surface area (Å²) in [5, 5.41) is 9.78. The second-order valence-electron chi connectivity index (χ2n) is 4.35. The molecular weight excluding hydrogens is 210 g/mol. The average Bonchev–Trinajstić information content (AvgIpc) is 2.35. The number of nitrogens with two attached hydrogens (primary N) is 1. The third-order valence-corrected chi connectivity index (χ3v) is 2.90. The van der Waals surface area contributed by atoms with Crippen LogP contribution in [0.3, 0.4) is 0 Å². The van der Waals surface area contributed by atoms with Gasteiger partial charge in [0.25, 0.3) is 0 Å². The van der Waals surface area contributed by atoms with E-state index in [0.29, 0.717) is 12.2 Å². The molecule has 0 aliphatic heterocycles. The van der Waals surface area contributed by atoms with Crippen molar-refractivity contribution < 1.29 is 5.11 Å². The minimum Gasteiger partial charge on any atom is -0.508 e. The highest BCUT2D eigenvalue weighted by Gasteiger charge is 2.09. The van der Waals surface area contributed by atoms with Gasteiger partial charge in [-0.2, -0.15) is 0 Å². The fourth-order valence-corrected chi connectivity index (χ4v) is 1.93. The first-order valence-corrected chi connectivity index (χ1v) is 5.76. The molecule has 2 aromatic carbocycles. The molecule has 1 atom stereocenters. The van der Waals surface area contributed by atoms with Gasteiger partial charge in [0.2, 0.25) is 0 Å². The Balaban J connectivity index is 2.18. The highest BCUT2D eigenvalue weighted by Crippen LogP contribution is 2.23. The van der Waals surface area contributed by atoms with E-state index in [0.717, 1.165) is 16.7 Å². The van der Waals surface area contributed by atoms with Crippen LogP contribution in [0, 0.1) is 6.92 Å². The molecule has 2 aromatic rings. The molecule has 0 aromatic heterocycles. The Hall–Kier alpha value is -1.80. The zero-order valence-electron chi connectivity index (χ0n) is 9.93. The second kappa shape index (κ2) is 5.02. The smallest absolute Gasteiger partial charge is 0.118 e. The van der Waals surface area contributed by atoms with Crippen molar-refractivity contribution in [3.05, 3.63) is 65.2 Å². The van der Waals surface area contributed by atoms with Gasteiger partial charge >= 0.3 is 0 Å². The molecular formula is C15H17NO. The van der Waals surface area contributed by atoms with Crippen LogP contribution in [0.25, 0.3) is 0 Å². The molecule has 2 rings (SSSR count). The quantitative estimate of drug-likeness (QED) is 0.846. The number of aromatic hydroxyl groups is 1. The molecule has 0 aliphatic rings. The van der Waals surface area contributed by atoms with Crippen molar-refractivity contribution >= 4 is 0 Å². The Kier molecular flexibility index (Phi) is 3.45. The molecule has 88 valence electrons. The topological polar surface area (TPSA) is 46.2 Å². The maximum absolute atomic E-state index is 9.78. The van der Waals surface area contributed by atoms with Gasteiger partial charge in [-0.3, -0.25) is 0 Å². The first-order chi connectivity index (χ1) is 8.16. The zero-order chi connectivity index (χ0) is 12.3. The van der Waals surface area contributed by atoms with E-state index < -0.39 is 0 Å². The van der Waals surface area contributed by atoms with E-state index in [1.54, 1.807) is 6.07 Å². The lowest BCUT2D eigenvalue weighted by Crippen LogP contribution is -2.13. The average molecular weight is 227 g/mol. The highest BCUT2D eigenvalue weighted by atomic mass is 16.3. The summed E-state index contributed by atoms with van der Waals surface area (Å²) in [6.45, 7) is 2.01. The van der Waals surface area contributed by atoms with E-state index in [4.69, 9.17) is 5.73 Å². The Labute approximate surface area is 102 Å². The van der Waals surface area contributed by atoms with Gasteiger partial charge in [0.05, 0.1) is 0 Å². The lowest BCUT2D eigenvalue weighted by Gasteiger charge is -2.13. The maximum atomic E-state index is 9.78. The number of aryl methyl sites for hydroxylation is 1. The SMILES string of the molecule is Cc1ccc(O)c(CC(N)c2ccccc2)c1. The molecule has 3 N–H and O–H groups in total. The van der Waals surface area contributed by atoms with Crippen molar-refractivity contribution in [3.63, 3.8) is 0 Å². The molecule has 0 heterocycles. The predicted octanol–water partition coefficient (Wildman–Crippen LogP) is 2.94. The van der Waals surface area contributed by atoms with Gasteiger partial charge in [-0.1, -0.05) is 48.0 Å². The maximum Gasteiger partial charge on any atom is 0.118 e. The molecule has 0 radical (unpaired) electrons. The van der Waals surface area contributed by atoms with E-state index in [9.17, 15) is 5.11 Å². The fraction of sp³-hybridized carbons (Fsp3) is 0.200. The Morgan fingerprint density at radius 2 is 1.82 bits per heavy atom. The molecule has 0 fully saturated rings. The Morgan fingerprint density at radius 1 is 1.12 bits per heavy atom. The summed E-state index contributed by atoms with van der Waals surface area (Å²) < 4.78 is 0. The molecule has 2 heteroatoms. The zero-order valence-corrected chi connectivity index (χ0v) is 9.93. The van der Waals surface area contributed by atoms with Gasteiger partial charge in [-0.05, 0) is 30.5 Å². The lowest BCUT2D eigenvalue weighted by atomic mass is 9.98. The summed E-state index contributed by atoms with van der Waals surface area (Å²) in [5.74, 6) is 0.321. The molecule has 0 spiro atoms. The van der Waals surface area contributed by atoms with Crippen molar-refractivity contribution in [2.75, 3.05) is 0 Å². The van der Waals surface area contributed by atoms with Crippen LogP contribution in [0.15, 0.2) is 48.5 Å². The summed E-state index contributed by atoms with van der Waals surface area (Å²) in [5.41, 5.74) is 9.27. The normalized spacial score (nSPS) is 12.4. The molecule has 0 amide bonds. The number of phenols is 1. The van der Waals surface area contributed by atoms with E-state index >= 15 is 0 Å². The van der Waals surface area contributed by atoms with Crippen LogP contribution in [0.1, 0.15) is 22.7 Å². The first kappa shape index (κ1) is 11.7. The predicted molar refractivity (Wildman–Crippen MR) is 69.9 cm³/mol. The molecule has 0 aliphatic carbocycles. The van der Waals surface area contributed by atoms with Crippen LogP contribution < -0.4 is 5.73 Å². The summed E-state index contributed by atoms with van der Waals surface area (Å²) in [6, 6.07) is 15.5. The van der Waals surface area contributed by atoms with Gasteiger partial charge in [-0.25, -0.2) is 0 Å². The van der Waals surface area contributed by atoms with Gasteiger partial charge in [-0.15, -0.1) is 0 Å². The van der Waals surface area contributed by atoms with Gasteiger partial charge in [0.15, 0.2) is 0 Å². The fourth-order valence-electron chi connectivity index (χ4n) is 1.93. The van der Waals surface area contributed by atoms with Crippen molar-refractivity contribution in [1.82, 2.24) is 0 Å². The Morgan fingerprint density at radius 3 is 2.53 bits per heavy atom. The third-order valence-electron chi connectivity index (χ3n) is 2.90. The lowest BCUT2D eigenvalue weighted by molar-refractivity contribution is 0.465. The molecule has 2 nitrogen and oxygen atoms in total. The molecule has 0 saturated heterocycles. The van der Waals surface area contributed by atoms with Gasteiger partial charge in [0, 0.05) is 6.04 Å². The van der Waals surface area contributed by atoms with Crippen molar-refractivity contribution in [2.45, 2.75) is 19.4 Å². The number of rotatable bonds is 3. The molecule has 17 heavy (non-hydrogen) atoms. The van der Waals surface area contributed by atoms with Crippen LogP contribution in [0.2, 0.25) is 0 Å². The van der Waals surface area contributed by atoms with Crippen molar-refractivity contribution in [3.8, 4) is 5.75 Å². The highest BCUT2D eigenvalue weighted by molar-refractivity contribution is 5.37. The number of hydrogen-bond acceptors (Lipinski definition) is 2. The van der Waals surface area contributed by atoms with E-state index in [1.807, 2.05) is 49.4 Å². The molecule has 0 saturated carbocycles. The van der Waals surface area contributed by atoms with Crippen LogP contribution in [0.4, 0.5) is 0 Å². The van der Waals surface area contributed by atoms with E-state index in [2.05, 4.69) is 0 Å². The van der Waals surface area contributed by atoms with Crippen LogP contribution in [-0.2, 0) is 6.42 Å². The number of benzene rings is 2. The van der Waals surface area contributed by atoms with Gasteiger partial charge < -0.3 is 10.8 Å². The van der Waals surface area contributed by atoms with Crippen LogP contribution in [-0.4, -0.2) is 5.11 Å². The summed E-state index contributed by atoms with van der Waals surface area (Å²) in [6.07, 6.45) is 0.650. The van der Waals surface area contributed by atoms with Crippen molar-refractivity contribution in [1.29, 1.82) is 0 Å². The molecule has 1 unspecified atom stereocenters. The van der Waals surface area contributed by atoms with Crippen molar-refractivity contribution in [2.24, 2.45) is 5.73 Å². The largest absolute Gasteiger partial charge is 0.508 e. The van der Waals surface area contributed by atoms with E-state index in [-0.39, 0.29) is 6.04 Å². The second-order valence-corrected chi connectivity index (χ2v) is 4.35. The third kappa shape index (κ3) is 2.86. The summed E-state index contributed by atoms with van der Waals surface area (Å²) in [4.78, 5) is 0.